The number of benzene rings is 2. The van der Waals surface area contributed by atoms with Gasteiger partial charge in [-0.3, -0.25) is 4.79 Å². The molecule has 2 aromatic carbocycles. The fourth-order valence-corrected chi connectivity index (χ4v) is 4.66. The normalized spacial score (nSPS) is 15.8. The van der Waals surface area contributed by atoms with E-state index in [0.29, 0.717) is 30.0 Å². The van der Waals surface area contributed by atoms with Crippen LogP contribution in [-0.2, 0) is 11.2 Å². The molecule has 154 valence electrons. The minimum absolute atomic E-state index is 0.155. The van der Waals surface area contributed by atoms with Crippen molar-refractivity contribution in [2.75, 3.05) is 20.8 Å². The third kappa shape index (κ3) is 3.83. The summed E-state index contributed by atoms with van der Waals surface area (Å²) in [5, 5.41) is 2.00. The average Bonchev–Trinajstić information content (AvgIpc) is 3.31. The molecule has 0 saturated heterocycles. The van der Waals surface area contributed by atoms with Gasteiger partial charge in [-0.25, -0.2) is 4.39 Å². The predicted octanol–water partition coefficient (Wildman–Crippen LogP) is 5.09. The Kier molecular flexibility index (Phi) is 5.86. The van der Waals surface area contributed by atoms with Gasteiger partial charge in [0.2, 0.25) is 5.91 Å². The average molecular weight is 424 g/mol. The maximum Gasteiger partial charge on any atom is 0.247 e. The lowest BCUT2D eigenvalue weighted by molar-refractivity contribution is -0.127. The van der Waals surface area contributed by atoms with E-state index in [2.05, 4.69) is 0 Å². The predicted molar refractivity (Wildman–Crippen MR) is 117 cm³/mol. The number of methoxy groups -OCH3 is 2. The van der Waals surface area contributed by atoms with E-state index in [4.69, 9.17) is 9.47 Å². The molecular weight excluding hydrogens is 401 g/mol. The van der Waals surface area contributed by atoms with Gasteiger partial charge in [0, 0.05) is 23.1 Å². The standard InChI is InChI=1S/C24H22FNO3S/c1-28-20-14-17-11-12-26(23(27)10-9-16-6-3-4-7-19(16)25)24(22-8-5-13-30-22)18(17)15-21(20)29-2/h3-10,13-15,24H,11-12H2,1-2H3/b10-9+. The Labute approximate surface area is 179 Å². The van der Waals surface area contributed by atoms with Crippen molar-refractivity contribution in [2.45, 2.75) is 12.5 Å². The molecule has 3 aromatic rings. The van der Waals surface area contributed by atoms with Crippen LogP contribution in [0.3, 0.4) is 0 Å². The summed E-state index contributed by atoms with van der Waals surface area (Å²) in [5.41, 5.74) is 2.55. The lowest BCUT2D eigenvalue weighted by atomic mass is 9.90. The first-order chi connectivity index (χ1) is 14.6. The number of hydrogen-bond acceptors (Lipinski definition) is 4. The number of amides is 1. The zero-order valence-corrected chi connectivity index (χ0v) is 17.6. The molecule has 0 N–H and O–H groups in total. The number of thiophene rings is 1. The number of rotatable bonds is 5. The highest BCUT2D eigenvalue weighted by Crippen LogP contribution is 2.42. The molecule has 0 fully saturated rings. The molecule has 1 aromatic heterocycles. The summed E-state index contributed by atoms with van der Waals surface area (Å²) in [4.78, 5) is 16.0. The van der Waals surface area contributed by atoms with Crippen LogP contribution in [0.1, 0.15) is 27.6 Å². The summed E-state index contributed by atoms with van der Waals surface area (Å²) < 4.78 is 24.9. The quantitative estimate of drug-likeness (QED) is 0.537. The van der Waals surface area contributed by atoms with Gasteiger partial charge in [-0.15, -0.1) is 11.3 Å². The van der Waals surface area contributed by atoms with Crippen LogP contribution in [-0.4, -0.2) is 31.6 Å². The largest absolute Gasteiger partial charge is 0.493 e. The van der Waals surface area contributed by atoms with E-state index < -0.39 is 0 Å². The van der Waals surface area contributed by atoms with Crippen molar-refractivity contribution in [3.8, 4) is 11.5 Å². The van der Waals surface area contributed by atoms with Crippen molar-refractivity contribution in [3.63, 3.8) is 0 Å². The molecule has 0 radical (unpaired) electrons. The van der Waals surface area contributed by atoms with Crippen LogP contribution in [0.4, 0.5) is 4.39 Å². The summed E-state index contributed by atoms with van der Waals surface area (Å²) in [7, 11) is 3.22. The Morgan fingerprint density at radius 1 is 1.13 bits per heavy atom. The number of hydrogen-bond donors (Lipinski definition) is 0. The maximum atomic E-state index is 13.9. The van der Waals surface area contributed by atoms with Crippen molar-refractivity contribution in [1.82, 2.24) is 4.90 Å². The molecule has 0 aliphatic carbocycles. The number of ether oxygens (including phenoxy) is 2. The van der Waals surface area contributed by atoms with Crippen LogP contribution in [0.25, 0.3) is 6.08 Å². The summed E-state index contributed by atoms with van der Waals surface area (Å²) >= 11 is 1.60. The van der Waals surface area contributed by atoms with E-state index >= 15 is 0 Å². The molecule has 0 bridgehead atoms. The summed E-state index contributed by atoms with van der Waals surface area (Å²) in [5.74, 6) is 0.809. The summed E-state index contributed by atoms with van der Waals surface area (Å²) in [6.07, 6.45) is 3.69. The highest BCUT2D eigenvalue weighted by Gasteiger charge is 2.33. The lowest BCUT2D eigenvalue weighted by Gasteiger charge is -2.37. The number of fused-ring (bicyclic) bond motifs is 1. The second kappa shape index (κ2) is 8.71. The Hall–Kier alpha value is -3.12. The van der Waals surface area contributed by atoms with E-state index in [9.17, 15) is 9.18 Å². The first-order valence-corrected chi connectivity index (χ1v) is 10.5. The Morgan fingerprint density at radius 2 is 1.90 bits per heavy atom. The zero-order chi connectivity index (χ0) is 21.1. The molecule has 4 rings (SSSR count). The topological polar surface area (TPSA) is 38.8 Å². The van der Waals surface area contributed by atoms with Gasteiger partial charge < -0.3 is 14.4 Å². The van der Waals surface area contributed by atoms with Crippen LogP contribution in [0.15, 0.2) is 60.0 Å². The highest BCUT2D eigenvalue weighted by atomic mass is 32.1. The summed E-state index contributed by atoms with van der Waals surface area (Å²) in [6, 6.07) is 14.1. The van der Waals surface area contributed by atoms with Gasteiger partial charge in [-0.05, 0) is 53.3 Å². The molecule has 1 aliphatic heterocycles. The molecular formula is C24H22FNO3S. The number of halogens is 1. The monoisotopic (exact) mass is 423 g/mol. The molecule has 0 spiro atoms. The fraction of sp³-hybridized carbons (Fsp3) is 0.208. The van der Waals surface area contributed by atoms with Crippen molar-refractivity contribution >= 4 is 23.3 Å². The SMILES string of the molecule is COc1cc2c(cc1OC)C(c1cccs1)N(C(=O)/C=C/c1ccccc1F)CC2. The van der Waals surface area contributed by atoms with E-state index in [1.165, 1.54) is 18.2 Å². The van der Waals surface area contributed by atoms with E-state index in [1.54, 1.807) is 43.8 Å². The molecule has 2 heterocycles. The van der Waals surface area contributed by atoms with Gasteiger partial charge >= 0.3 is 0 Å². The third-order valence-corrected chi connectivity index (χ3v) is 6.20. The Morgan fingerprint density at radius 3 is 2.60 bits per heavy atom. The highest BCUT2D eigenvalue weighted by molar-refractivity contribution is 7.10. The van der Waals surface area contributed by atoms with Gasteiger partial charge in [0.25, 0.3) is 0 Å². The molecule has 1 aliphatic rings. The maximum absolute atomic E-state index is 13.9. The van der Waals surface area contributed by atoms with Gasteiger partial charge in [0.1, 0.15) is 5.82 Å². The molecule has 1 atom stereocenters. The van der Waals surface area contributed by atoms with Gasteiger partial charge in [0.05, 0.1) is 20.3 Å². The summed E-state index contributed by atoms with van der Waals surface area (Å²) in [6.45, 7) is 0.561. The van der Waals surface area contributed by atoms with E-state index in [0.717, 1.165) is 16.0 Å². The smallest absolute Gasteiger partial charge is 0.247 e. The second-order valence-electron chi connectivity index (χ2n) is 6.96. The Balaban J connectivity index is 1.72. The number of carbonyl (C=O) groups excluding carboxylic acids is 1. The minimum Gasteiger partial charge on any atom is -0.493 e. The Bertz CT molecular complexity index is 1080. The third-order valence-electron chi connectivity index (χ3n) is 5.28. The minimum atomic E-state index is -0.350. The fourth-order valence-electron chi connectivity index (χ4n) is 3.80. The molecule has 6 heteroatoms. The van der Waals surface area contributed by atoms with Crippen molar-refractivity contribution < 1.29 is 18.7 Å². The second-order valence-corrected chi connectivity index (χ2v) is 7.94. The zero-order valence-electron chi connectivity index (χ0n) is 16.8. The molecule has 1 unspecified atom stereocenters. The first-order valence-electron chi connectivity index (χ1n) is 9.63. The van der Waals surface area contributed by atoms with Crippen LogP contribution in [0.5, 0.6) is 11.5 Å². The van der Waals surface area contributed by atoms with Crippen molar-refractivity contribution in [3.05, 3.63) is 87.4 Å². The number of nitrogens with zero attached hydrogens (tertiary/aromatic N) is 1. The van der Waals surface area contributed by atoms with E-state index in [-0.39, 0.29) is 17.8 Å². The van der Waals surface area contributed by atoms with Gasteiger partial charge in [-0.2, -0.15) is 0 Å². The lowest BCUT2D eigenvalue weighted by Crippen LogP contribution is -2.39. The van der Waals surface area contributed by atoms with Crippen LogP contribution >= 0.6 is 11.3 Å². The van der Waals surface area contributed by atoms with Crippen molar-refractivity contribution in [2.24, 2.45) is 0 Å². The van der Waals surface area contributed by atoms with Gasteiger partial charge in [-0.1, -0.05) is 24.3 Å². The van der Waals surface area contributed by atoms with Gasteiger partial charge in [0.15, 0.2) is 11.5 Å². The van der Waals surface area contributed by atoms with Crippen LogP contribution in [0, 0.1) is 5.82 Å². The first kappa shape index (κ1) is 20.2. The van der Waals surface area contributed by atoms with Crippen LogP contribution < -0.4 is 9.47 Å². The molecule has 30 heavy (non-hydrogen) atoms. The van der Waals surface area contributed by atoms with Crippen LogP contribution in [0.2, 0.25) is 0 Å². The van der Waals surface area contributed by atoms with Crippen molar-refractivity contribution in [1.29, 1.82) is 0 Å². The molecule has 0 saturated carbocycles. The number of carbonyl (C=O) groups is 1. The molecule has 1 amide bonds. The van der Waals surface area contributed by atoms with E-state index in [1.807, 2.05) is 34.5 Å². The molecule has 4 nitrogen and oxygen atoms in total.